The normalized spacial score (nSPS) is 43.2. The van der Waals surface area contributed by atoms with Gasteiger partial charge in [0.05, 0.1) is 0 Å². The number of rotatable bonds is 4. The van der Waals surface area contributed by atoms with Crippen LogP contribution in [-0.4, -0.2) is 34.4 Å². The third-order valence-corrected chi connectivity index (χ3v) is 5.06. The summed E-state index contributed by atoms with van der Waals surface area (Å²) < 4.78 is 11.0. The van der Waals surface area contributed by atoms with E-state index < -0.39 is 29.2 Å². The summed E-state index contributed by atoms with van der Waals surface area (Å²) in [5.74, 6) is -0.535. The highest BCUT2D eigenvalue weighted by Crippen LogP contribution is 2.59. The average Bonchev–Trinajstić information content (AvgIpc) is 2.41. The maximum Gasteiger partial charge on any atom is 0.330 e. The molecule has 21 heavy (non-hydrogen) atoms. The van der Waals surface area contributed by atoms with Crippen molar-refractivity contribution in [3.05, 3.63) is 25.3 Å². The smallest absolute Gasteiger partial charge is 0.330 e. The lowest BCUT2D eigenvalue weighted by Crippen LogP contribution is -2.71. The van der Waals surface area contributed by atoms with Crippen molar-refractivity contribution >= 4 is 11.9 Å². The van der Waals surface area contributed by atoms with E-state index in [1.807, 2.05) is 0 Å². The zero-order chi connectivity index (χ0) is 15.3. The van der Waals surface area contributed by atoms with Gasteiger partial charge in [-0.15, -0.1) is 0 Å². The summed E-state index contributed by atoms with van der Waals surface area (Å²) in [5, 5.41) is 10.9. The number of carbonyl (C=O) groups is 2. The molecular weight excluding hydrogens is 272 g/mol. The van der Waals surface area contributed by atoms with Crippen LogP contribution >= 0.6 is 0 Å². The van der Waals surface area contributed by atoms with Crippen LogP contribution in [0.3, 0.4) is 0 Å². The number of ether oxygens (including phenoxy) is 2. The maximum absolute atomic E-state index is 11.7. The van der Waals surface area contributed by atoms with Crippen LogP contribution in [0.2, 0.25) is 0 Å². The molecule has 0 aromatic heterocycles. The lowest BCUT2D eigenvalue weighted by atomic mass is 9.50. The molecule has 5 nitrogen and oxygen atoms in total. The van der Waals surface area contributed by atoms with Gasteiger partial charge in [0, 0.05) is 12.2 Å². The molecule has 0 aromatic rings. The molecule has 1 N–H and O–H groups in total. The predicted octanol–water partition coefficient (Wildman–Crippen LogP) is 1.51. The number of carbonyl (C=O) groups excluding carboxylic acids is 2. The van der Waals surface area contributed by atoms with Gasteiger partial charge in [0.2, 0.25) is 0 Å². The zero-order valence-electron chi connectivity index (χ0n) is 11.9. The van der Waals surface area contributed by atoms with E-state index in [2.05, 4.69) is 13.2 Å². The van der Waals surface area contributed by atoms with E-state index in [4.69, 9.17) is 9.47 Å². The third-order valence-electron chi connectivity index (χ3n) is 5.06. The first-order valence-corrected chi connectivity index (χ1v) is 7.31. The minimum absolute atomic E-state index is 0.304. The lowest BCUT2D eigenvalue weighted by molar-refractivity contribution is -0.281. The summed E-state index contributed by atoms with van der Waals surface area (Å²) >= 11 is 0. The zero-order valence-corrected chi connectivity index (χ0v) is 11.9. The Morgan fingerprint density at radius 1 is 1.05 bits per heavy atom. The first kappa shape index (κ1) is 14.3. The number of hydrogen-bond donors (Lipinski definition) is 1. The van der Waals surface area contributed by atoms with E-state index in [1.165, 1.54) is 0 Å². The third kappa shape index (κ3) is 2.20. The van der Waals surface area contributed by atoms with E-state index in [9.17, 15) is 14.7 Å². The van der Waals surface area contributed by atoms with Crippen molar-refractivity contribution in [3.8, 4) is 0 Å². The fraction of sp³-hybridized carbons (Fsp3) is 0.625. The summed E-state index contributed by atoms with van der Waals surface area (Å²) in [4.78, 5) is 23.4. The molecule has 3 unspecified atom stereocenters. The second-order valence-electron chi connectivity index (χ2n) is 6.60. The summed E-state index contributed by atoms with van der Waals surface area (Å²) in [6, 6.07) is 0. The Hall–Kier alpha value is -1.62. The quantitative estimate of drug-likeness (QED) is 0.628. The number of aliphatic hydroxyl groups is 1. The van der Waals surface area contributed by atoms with Gasteiger partial charge in [0.1, 0.15) is 5.60 Å². The largest absolute Gasteiger partial charge is 0.452 e. The first-order chi connectivity index (χ1) is 9.90. The molecule has 4 aliphatic rings. The van der Waals surface area contributed by atoms with E-state index in [1.54, 1.807) is 0 Å². The maximum atomic E-state index is 11.7. The second-order valence-corrected chi connectivity index (χ2v) is 6.60. The summed E-state index contributed by atoms with van der Waals surface area (Å²) in [6.45, 7) is 6.80. The van der Waals surface area contributed by atoms with Gasteiger partial charge in [-0.2, -0.15) is 0 Å². The van der Waals surface area contributed by atoms with Crippen LogP contribution < -0.4 is 0 Å². The Bertz CT molecular complexity index is 495. The van der Waals surface area contributed by atoms with E-state index in [0.717, 1.165) is 18.6 Å². The van der Waals surface area contributed by atoms with Gasteiger partial charge in [-0.3, -0.25) is 0 Å². The summed E-state index contributed by atoms with van der Waals surface area (Å²) in [7, 11) is 0. The van der Waals surface area contributed by atoms with Gasteiger partial charge in [-0.05, 0) is 43.9 Å². The van der Waals surface area contributed by atoms with Crippen molar-refractivity contribution in [2.45, 2.75) is 49.4 Å². The minimum atomic E-state index is -1.11. The number of hydrogen-bond acceptors (Lipinski definition) is 5. The van der Waals surface area contributed by atoms with Crippen molar-refractivity contribution in [2.75, 3.05) is 0 Å². The van der Waals surface area contributed by atoms with Crippen LogP contribution in [0.15, 0.2) is 25.3 Å². The highest BCUT2D eigenvalue weighted by molar-refractivity contribution is 5.82. The Kier molecular flexibility index (Phi) is 3.20. The molecule has 4 fully saturated rings. The molecule has 0 radical (unpaired) electrons. The standard InChI is InChI=1S/C16H20O5/c1-3-12(17)20-14-15(19)6-10-5-11(7-15)9-16(14,8-10)21-13(18)4-2/h3-4,10-11,14,19H,1-2,5-9H2. The van der Waals surface area contributed by atoms with Crippen LogP contribution in [0.1, 0.15) is 32.1 Å². The predicted molar refractivity (Wildman–Crippen MR) is 74.1 cm³/mol. The Balaban J connectivity index is 1.96. The van der Waals surface area contributed by atoms with Gasteiger partial charge >= 0.3 is 11.9 Å². The van der Waals surface area contributed by atoms with Crippen LogP contribution in [0.5, 0.6) is 0 Å². The molecule has 114 valence electrons. The molecule has 4 aliphatic carbocycles. The molecule has 4 bridgehead atoms. The van der Waals surface area contributed by atoms with Crippen LogP contribution in [0.25, 0.3) is 0 Å². The van der Waals surface area contributed by atoms with Gasteiger partial charge < -0.3 is 14.6 Å². The topological polar surface area (TPSA) is 72.8 Å². The van der Waals surface area contributed by atoms with Crippen LogP contribution in [0.4, 0.5) is 0 Å². The summed E-state index contributed by atoms with van der Waals surface area (Å²) in [5.41, 5.74) is -2.03. The average molecular weight is 292 g/mol. The summed E-state index contributed by atoms with van der Waals surface area (Å²) in [6.07, 6.45) is 4.82. The fourth-order valence-electron chi connectivity index (χ4n) is 4.77. The van der Waals surface area contributed by atoms with Gasteiger partial charge in [-0.25, -0.2) is 9.59 Å². The fourth-order valence-corrected chi connectivity index (χ4v) is 4.77. The van der Waals surface area contributed by atoms with Gasteiger partial charge in [0.25, 0.3) is 0 Å². The van der Waals surface area contributed by atoms with E-state index in [0.29, 0.717) is 37.5 Å². The Morgan fingerprint density at radius 3 is 2.14 bits per heavy atom. The first-order valence-electron chi connectivity index (χ1n) is 7.31. The van der Waals surface area contributed by atoms with Gasteiger partial charge in [-0.1, -0.05) is 13.2 Å². The lowest BCUT2D eigenvalue weighted by Gasteiger charge is -2.62. The number of esters is 2. The van der Waals surface area contributed by atoms with Crippen molar-refractivity contribution < 1.29 is 24.2 Å². The van der Waals surface area contributed by atoms with Crippen molar-refractivity contribution in [2.24, 2.45) is 11.8 Å². The minimum Gasteiger partial charge on any atom is -0.452 e. The SMILES string of the molecule is C=CC(=O)OC1C2(O)CC3CC(C2)CC1(OC(=O)C=C)C3. The highest BCUT2D eigenvalue weighted by Gasteiger charge is 2.67. The Morgan fingerprint density at radius 2 is 1.62 bits per heavy atom. The monoisotopic (exact) mass is 292 g/mol. The molecular formula is C16H20O5. The van der Waals surface area contributed by atoms with E-state index >= 15 is 0 Å². The van der Waals surface area contributed by atoms with Gasteiger partial charge in [0.15, 0.2) is 11.7 Å². The van der Waals surface area contributed by atoms with Crippen molar-refractivity contribution in [1.82, 2.24) is 0 Å². The molecule has 0 amide bonds. The van der Waals surface area contributed by atoms with E-state index in [-0.39, 0.29) is 0 Å². The van der Waals surface area contributed by atoms with Crippen LogP contribution in [0, 0.1) is 11.8 Å². The second kappa shape index (κ2) is 4.70. The molecule has 0 saturated heterocycles. The van der Waals surface area contributed by atoms with Crippen molar-refractivity contribution in [1.29, 1.82) is 0 Å². The molecule has 5 heteroatoms. The molecule has 4 rings (SSSR count). The molecule has 0 aromatic carbocycles. The Labute approximate surface area is 123 Å². The molecule has 0 heterocycles. The molecule has 4 saturated carbocycles. The van der Waals surface area contributed by atoms with Crippen LogP contribution in [-0.2, 0) is 19.1 Å². The van der Waals surface area contributed by atoms with Crippen molar-refractivity contribution in [3.63, 3.8) is 0 Å². The molecule has 0 aliphatic heterocycles. The highest BCUT2D eigenvalue weighted by atomic mass is 16.6. The molecule has 0 spiro atoms. The molecule has 3 atom stereocenters.